The predicted octanol–water partition coefficient (Wildman–Crippen LogP) is 2.80. The van der Waals surface area contributed by atoms with E-state index in [0.717, 1.165) is 18.5 Å². The summed E-state index contributed by atoms with van der Waals surface area (Å²) < 4.78 is 33.5. The van der Waals surface area contributed by atoms with Crippen LogP contribution in [-0.2, 0) is 10.0 Å². The molecule has 1 aromatic heterocycles. The van der Waals surface area contributed by atoms with Gasteiger partial charge in [-0.05, 0) is 44.0 Å². The third-order valence-electron chi connectivity index (χ3n) is 6.45. The van der Waals surface area contributed by atoms with Gasteiger partial charge in [-0.15, -0.1) is 0 Å². The lowest BCUT2D eigenvalue weighted by Gasteiger charge is -2.36. The number of nitrogens with one attached hydrogen (secondary N) is 2. The van der Waals surface area contributed by atoms with E-state index in [-0.39, 0.29) is 5.56 Å². The number of primary amides is 1. The van der Waals surface area contributed by atoms with Crippen molar-refractivity contribution < 1.29 is 17.9 Å². The van der Waals surface area contributed by atoms with Crippen molar-refractivity contribution >= 4 is 39.1 Å². The second-order valence-corrected chi connectivity index (χ2v) is 11.1. The monoisotopic (exact) mass is 537 g/mol. The lowest BCUT2D eigenvalue weighted by molar-refractivity contribution is 0.100. The highest BCUT2D eigenvalue weighted by molar-refractivity contribution is 7.89. The van der Waals surface area contributed by atoms with E-state index in [1.807, 2.05) is 25.1 Å². The van der Waals surface area contributed by atoms with Crippen molar-refractivity contribution in [2.24, 2.45) is 5.73 Å². The number of sulfonamides is 1. The molecular weight excluding hydrogens is 506 g/mol. The topological polar surface area (TPSA) is 143 Å². The average Bonchev–Trinajstić information content (AvgIpc) is 3.74. The van der Waals surface area contributed by atoms with Crippen LogP contribution in [0.5, 0.6) is 5.75 Å². The zero-order valence-corrected chi connectivity index (χ0v) is 21.9. The number of amides is 1. The first-order chi connectivity index (χ1) is 18.3. The summed E-state index contributed by atoms with van der Waals surface area (Å²) in [6.07, 6.45) is 3.47. The van der Waals surface area contributed by atoms with Crippen LogP contribution in [0.2, 0.25) is 0 Å². The number of piperazine rings is 1. The summed E-state index contributed by atoms with van der Waals surface area (Å²) in [6.45, 7) is 4.20. The molecule has 0 radical (unpaired) electrons. The number of nitrogens with zero attached hydrogens (tertiary/aromatic N) is 4. The number of rotatable bonds is 10. The Kier molecular flexibility index (Phi) is 7.34. The van der Waals surface area contributed by atoms with Crippen LogP contribution < -0.4 is 26.0 Å². The Balaban J connectivity index is 1.31. The summed E-state index contributed by atoms with van der Waals surface area (Å²) in [7, 11) is -3.53. The van der Waals surface area contributed by atoms with Crippen LogP contribution in [0.4, 0.5) is 23.1 Å². The second kappa shape index (κ2) is 10.8. The molecule has 3 aromatic rings. The van der Waals surface area contributed by atoms with Gasteiger partial charge in [0.15, 0.2) is 0 Å². The largest absolute Gasteiger partial charge is 0.492 e. The first-order valence-corrected chi connectivity index (χ1v) is 14.1. The minimum atomic E-state index is -3.53. The highest BCUT2D eigenvalue weighted by atomic mass is 32.2. The number of aromatic nitrogens is 2. The van der Waals surface area contributed by atoms with Crippen LogP contribution >= 0.6 is 0 Å². The highest BCUT2D eigenvalue weighted by Crippen LogP contribution is 2.34. The predicted molar refractivity (Wildman–Crippen MR) is 146 cm³/mol. The molecule has 1 aliphatic heterocycles. The Labute approximate surface area is 222 Å². The van der Waals surface area contributed by atoms with Crippen LogP contribution in [0.3, 0.4) is 0 Å². The van der Waals surface area contributed by atoms with Crippen LogP contribution in [0.25, 0.3) is 0 Å². The van der Waals surface area contributed by atoms with Gasteiger partial charge in [0.2, 0.25) is 16.0 Å². The van der Waals surface area contributed by atoms with Gasteiger partial charge < -0.3 is 26.0 Å². The number of carbonyl (C=O) groups is 1. The van der Waals surface area contributed by atoms with Gasteiger partial charge in [0, 0.05) is 50.2 Å². The Morgan fingerprint density at radius 1 is 1.11 bits per heavy atom. The molecule has 1 saturated carbocycles. The van der Waals surface area contributed by atoms with E-state index in [9.17, 15) is 13.2 Å². The molecular formula is C26H31N7O4S. The molecule has 1 amide bonds. The van der Waals surface area contributed by atoms with E-state index in [4.69, 9.17) is 10.5 Å². The Morgan fingerprint density at radius 3 is 2.50 bits per heavy atom. The average molecular weight is 538 g/mol. The summed E-state index contributed by atoms with van der Waals surface area (Å²) in [5.74, 6) is 0.830. The van der Waals surface area contributed by atoms with E-state index < -0.39 is 15.9 Å². The minimum absolute atomic E-state index is 0.251. The summed E-state index contributed by atoms with van der Waals surface area (Å²) in [5.41, 5.74) is 7.33. The molecule has 0 unspecified atom stereocenters. The third-order valence-corrected chi connectivity index (χ3v) is 8.36. The van der Waals surface area contributed by atoms with Crippen LogP contribution in [0, 0.1) is 0 Å². The van der Waals surface area contributed by atoms with Crippen LogP contribution in [0.1, 0.15) is 30.1 Å². The number of anilines is 4. The molecule has 2 heterocycles. The maximum Gasteiger partial charge on any atom is 0.254 e. The molecule has 200 valence electrons. The van der Waals surface area contributed by atoms with E-state index in [2.05, 4.69) is 25.5 Å². The standard InChI is InChI=1S/C26H31N7O4S/c1-2-37-23-16-19(30-26-28-17-21(24(27)34)25(31-26)29-18-8-9-18)10-11-22(23)32-12-14-33(15-13-32)38(35,36)20-6-4-3-5-7-20/h3-7,10-11,16-18H,2,8-9,12-15H2,1H3,(H2,27,34)(H2,28,29,30,31). The minimum Gasteiger partial charge on any atom is -0.492 e. The molecule has 4 N–H and O–H groups in total. The summed E-state index contributed by atoms with van der Waals surface area (Å²) >= 11 is 0. The summed E-state index contributed by atoms with van der Waals surface area (Å²) in [5, 5.41) is 6.41. The zero-order valence-electron chi connectivity index (χ0n) is 21.1. The molecule has 38 heavy (non-hydrogen) atoms. The SMILES string of the molecule is CCOc1cc(Nc2ncc(C(N)=O)c(NC3CC3)n2)ccc1N1CCN(S(=O)(=O)c2ccccc2)CC1. The lowest BCUT2D eigenvalue weighted by Crippen LogP contribution is -2.48. The van der Waals surface area contributed by atoms with Gasteiger partial charge in [-0.2, -0.15) is 9.29 Å². The maximum absolute atomic E-state index is 13.0. The van der Waals surface area contributed by atoms with Crippen molar-refractivity contribution in [3.05, 3.63) is 60.3 Å². The molecule has 2 fully saturated rings. The number of carbonyl (C=O) groups excluding carboxylic acids is 1. The van der Waals surface area contributed by atoms with Crippen molar-refractivity contribution in [3.8, 4) is 5.75 Å². The quantitative estimate of drug-likeness (QED) is 0.356. The fraction of sp³-hybridized carbons (Fsp3) is 0.346. The van der Waals surface area contributed by atoms with Crippen molar-refractivity contribution in [2.45, 2.75) is 30.7 Å². The summed E-state index contributed by atoms with van der Waals surface area (Å²) in [6, 6.07) is 14.5. The van der Waals surface area contributed by atoms with Gasteiger partial charge in [0.1, 0.15) is 11.6 Å². The Morgan fingerprint density at radius 2 is 1.84 bits per heavy atom. The molecule has 1 saturated heterocycles. The Bertz CT molecular complexity index is 1410. The maximum atomic E-state index is 13.0. The van der Waals surface area contributed by atoms with E-state index in [0.29, 0.717) is 66.9 Å². The van der Waals surface area contributed by atoms with Crippen molar-refractivity contribution in [1.29, 1.82) is 0 Å². The first-order valence-electron chi connectivity index (χ1n) is 12.6. The second-order valence-electron chi connectivity index (χ2n) is 9.18. The molecule has 0 atom stereocenters. The Hall–Kier alpha value is -3.90. The molecule has 0 bridgehead atoms. The number of ether oxygens (including phenoxy) is 1. The van der Waals surface area contributed by atoms with Gasteiger partial charge >= 0.3 is 0 Å². The van der Waals surface area contributed by atoms with E-state index in [1.165, 1.54) is 10.5 Å². The molecule has 12 heteroatoms. The van der Waals surface area contributed by atoms with Gasteiger partial charge in [0.25, 0.3) is 5.91 Å². The zero-order chi connectivity index (χ0) is 26.7. The van der Waals surface area contributed by atoms with Crippen molar-refractivity contribution in [3.63, 3.8) is 0 Å². The molecule has 1 aliphatic carbocycles. The van der Waals surface area contributed by atoms with Gasteiger partial charge in [0.05, 0.1) is 22.8 Å². The van der Waals surface area contributed by atoms with Crippen LogP contribution in [-0.4, -0.2) is 67.4 Å². The van der Waals surface area contributed by atoms with E-state index in [1.54, 1.807) is 30.3 Å². The van der Waals surface area contributed by atoms with Gasteiger partial charge in [-0.1, -0.05) is 18.2 Å². The van der Waals surface area contributed by atoms with E-state index >= 15 is 0 Å². The highest BCUT2D eigenvalue weighted by Gasteiger charge is 2.29. The van der Waals surface area contributed by atoms with Gasteiger partial charge in [-0.25, -0.2) is 13.4 Å². The fourth-order valence-corrected chi connectivity index (χ4v) is 5.76. The van der Waals surface area contributed by atoms with Crippen molar-refractivity contribution in [2.75, 3.05) is 48.3 Å². The lowest BCUT2D eigenvalue weighted by atomic mass is 10.2. The third kappa shape index (κ3) is 5.65. The van der Waals surface area contributed by atoms with Gasteiger partial charge in [-0.3, -0.25) is 4.79 Å². The number of nitrogens with two attached hydrogens (primary N) is 1. The first kappa shape index (κ1) is 25.7. The number of benzene rings is 2. The molecule has 0 spiro atoms. The smallest absolute Gasteiger partial charge is 0.254 e. The number of hydrogen-bond donors (Lipinski definition) is 3. The normalized spacial score (nSPS) is 16.2. The fourth-order valence-electron chi connectivity index (χ4n) is 4.32. The van der Waals surface area contributed by atoms with Crippen LogP contribution in [0.15, 0.2) is 59.6 Å². The number of hydrogen-bond acceptors (Lipinski definition) is 9. The molecule has 11 nitrogen and oxygen atoms in total. The molecule has 2 aromatic carbocycles. The summed E-state index contributed by atoms with van der Waals surface area (Å²) in [4.78, 5) is 22.9. The van der Waals surface area contributed by atoms with Crippen molar-refractivity contribution in [1.82, 2.24) is 14.3 Å². The molecule has 5 rings (SSSR count). The molecule has 2 aliphatic rings.